The Labute approximate surface area is 206 Å². The van der Waals surface area contributed by atoms with Crippen LogP contribution in [0.2, 0.25) is 0 Å². The number of benzene rings is 2. The third-order valence-electron chi connectivity index (χ3n) is 6.30. The molecule has 35 heavy (non-hydrogen) atoms. The Balaban J connectivity index is 1.44. The number of carbonyl (C=O) groups is 2. The Morgan fingerprint density at radius 3 is 2.31 bits per heavy atom. The molecular weight excluding hydrogens is 488 g/mol. The van der Waals surface area contributed by atoms with Crippen molar-refractivity contribution in [1.82, 2.24) is 9.88 Å². The molecule has 180 valence electrons. The summed E-state index contributed by atoms with van der Waals surface area (Å²) >= 11 is 1.34. The quantitative estimate of drug-likeness (QED) is 0.362. The minimum Gasteiger partial charge on any atom is -0.421 e. The number of fused-ring (bicyclic) bond motifs is 1. The van der Waals surface area contributed by atoms with Gasteiger partial charge in [0, 0.05) is 11.6 Å². The molecule has 0 bridgehead atoms. The average Bonchev–Trinajstić information content (AvgIpc) is 3.42. The van der Waals surface area contributed by atoms with Crippen LogP contribution in [0.25, 0.3) is 6.08 Å². The van der Waals surface area contributed by atoms with Crippen molar-refractivity contribution in [2.45, 2.75) is 35.8 Å². The van der Waals surface area contributed by atoms with E-state index in [2.05, 4.69) is 4.98 Å². The molecule has 8 nitrogen and oxygen atoms in total. The zero-order chi connectivity index (χ0) is 24.6. The van der Waals surface area contributed by atoms with Crippen molar-refractivity contribution in [3.63, 3.8) is 0 Å². The summed E-state index contributed by atoms with van der Waals surface area (Å²) in [4.78, 5) is 30.7. The van der Waals surface area contributed by atoms with E-state index in [1.807, 2.05) is 60.7 Å². The number of hydrogen-bond donors (Lipinski definition) is 0. The lowest BCUT2D eigenvalue weighted by atomic mass is 10.0. The third kappa shape index (κ3) is 4.02. The molecule has 0 spiro atoms. The van der Waals surface area contributed by atoms with E-state index < -0.39 is 44.4 Å². The fraction of sp³-hybridized carbons (Fsp3) is 0.240. The number of nitrogens with zero attached hydrogens (tertiary/aromatic N) is 2. The van der Waals surface area contributed by atoms with E-state index in [1.165, 1.54) is 24.3 Å². The van der Waals surface area contributed by atoms with E-state index in [0.717, 1.165) is 16.0 Å². The molecule has 2 aromatic carbocycles. The first-order valence-electron chi connectivity index (χ1n) is 10.9. The SMILES string of the molecule is C[C@]1(/C=C\c2nccs2)[C@H](OC(=O)OC(c2ccccc2)c2ccccc2)N2C(=O)C[C@H]2S1(=O)=O. The topological polar surface area (TPSA) is 103 Å². The van der Waals surface area contributed by atoms with Gasteiger partial charge in [0.15, 0.2) is 15.9 Å². The lowest BCUT2D eigenvalue weighted by molar-refractivity contribution is -0.157. The minimum atomic E-state index is -3.88. The molecule has 2 saturated heterocycles. The van der Waals surface area contributed by atoms with Gasteiger partial charge in [-0.05, 0) is 24.1 Å². The van der Waals surface area contributed by atoms with Crippen molar-refractivity contribution in [3.8, 4) is 0 Å². The van der Waals surface area contributed by atoms with E-state index in [4.69, 9.17) is 9.47 Å². The minimum absolute atomic E-state index is 0.144. The van der Waals surface area contributed by atoms with Crippen LogP contribution in [-0.2, 0) is 24.1 Å². The first kappa shape index (κ1) is 23.3. The van der Waals surface area contributed by atoms with E-state index in [-0.39, 0.29) is 6.42 Å². The predicted octanol–water partition coefficient (Wildman–Crippen LogP) is 4.17. The molecule has 1 amide bonds. The number of ether oxygens (including phenoxy) is 2. The zero-order valence-electron chi connectivity index (χ0n) is 18.7. The zero-order valence-corrected chi connectivity index (χ0v) is 20.3. The van der Waals surface area contributed by atoms with Gasteiger partial charge in [-0.2, -0.15) is 0 Å². The largest absolute Gasteiger partial charge is 0.511 e. The van der Waals surface area contributed by atoms with Crippen LogP contribution in [0.4, 0.5) is 4.79 Å². The van der Waals surface area contributed by atoms with E-state index in [9.17, 15) is 18.0 Å². The number of β-lactam (4-membered cyclic amide) rings is 1. The molecule has 3 aromatic rings. The number of thiazole rings is 1. The number of carbonyl (C=O) groups excluding carboxylic acids is 2. The molecule has 10 heteroatoms. The van der Waals surface area contributed by atoms with Crippen molar-refractivity contribution >= 4 is 39.3 Å². The van der Waals surface area contributed by atoms with Crippen LogP contribution in [0, 0.1) is 0 Å². The van der Waals surface area contributed by atoms with E-state index in [0.29, 0.717) is 5.01 Å². The first-order chi connectivity index (χ1) is 16.8. The number of amides is 1. The Kier molecular flexibility index (Phi) is 5.94. The monoisotopic (exact) mass is 510 g/mol. The summed E-state index contributed by atoms with van der Waals surface area (Å²) in [5.74, 6) is -0.398. The average molecular weight is 511 g/mol. The number of hydrogen-bond acceptors (Lipinski definition) is 8. The normalized spacial score (nSPS) is 24.9. The van der Waals surface area contributed by atoms with Crippen LogP contribution in [0.15, 0.2) is 78.3 Å². The summed E-state index contributed by atoms with van der Waals surface area (Å²) in [5, 5.41) is 1.31. The summed E-state index contributed by atoms with van der Waals surface area (Å²) in [6, 6.07) is 18.3. The lowest BCUT2D eigenvalue weighted by Crippen LogP contribution is -2.55. The summed E-state index contributed by atoms with van der Waals surface area (Å²) < 4.78 is 36.3. The van der Waals surface area contributed by atoms with Crippen LogP contribution >= 0.6 is 11.3 Å². The van der Waals surface area contributed by atoms with Gasteiger partial charge in [0.05, 0.1) is 6.42 Å². The number of aromatic nitrogens is 1. The standard InChI is InChI=1S/C25H22N2O6S2/c1-25(13-12-19-26-14-15-34-19)23(27-20(28)16-21(27)35(25,30)31)33-24(29)32-22(17-8-4-2-5-9-17)18-10-6-3-7-11-18/h2-15,21-23H,16H2,1H3/b13-12-/t21-,23+,25+/m1/s1. The molecule has 5 rings (SSSR count). The summed E-state index contributed by atoms with van der Waals surface area (Å²) in [7, 11) is -3.88. The van der Waals surface area contributed by atoms with Gasteiger partial charge in [-0.15, -0.1) is 11.3 Å². The summed E-state index contributed by atoms with van der Waals surface area (Å²) in [6.07, 6.45) is 1.25. The highest BCUT2D eigenvalue weighted by Crippen LogP contribution is 2.47. The molecule has 2 aliphatic heterocycles. The molecule has 2 fully saturated rings. The van der Waals surface area contributed by atoms with Crippen LogP contribution < -0.4 is 0 Å². The molecule has 3 heterocycles. The van der Waals surface area contributed by atoms with E-state index in [1.54, 1.807) is 17.7 Å². The fourth-order valence-corrected chi connectivity index (χ4v) is 7.06. The Hall–Kier alpha value is -3.50. The summed E-state index contributed by atoms with van der Waals surface area (Å²) in [6.45, 7) is 1.45. The smallest absolute Gasteiger partial charge is 0.421 e. The summed E-state index contributed by atoms with van der Waals surface area (Å²) in [5.41, 5.74) is 1.44. The molecule has 0 saturated carbocycles. The molecule has 0 unspecified atom stereocenters. The highest BCUT2D eigenvalue weighted by molar-refractivity contribution is 7.94. The van der Waals surface area contributed by atoms with Gasteiger partial charge in [-0.25, -0.2) is 18.2 Å². The Morgan fingerprint density at radius 1 is 1.14 bits per heavy atom. The van der Waals surface area contributed by atoms with Gasteiger partial charge in [-0.1, -0.05) is 66.7 Å². The van der Waals surface area contributed by atoms with Gasteiger partial charge in [-0.3, -0.25) is 9.69 Å². The second-order valence-corrected chi connectivity index (χ2v) is 11.9. The molecule has 1 aromatic heterocycles. The van der Waals surface area contributed by atoms with Crippen molar-refractivity contribution in [1.29, 1.82) is 0 Å². The van der Waals surface area contributed by atoms with Crippen LogP contribution in [0.5, 0.6) is 0 Å². The Bertz CT molecular complexity index is 1320. The number of rotatable bonds is 6. The predicted molar refractivity (Wildman–Crippen MR) is 130 cm³/mol. The Morgan fingerprint density at radius 2 is 1.77 bits per heavy atom. The molecule has 0 radical (unpaired) electrons. The third-order valence-corrected chi connectivity index (χ3v) is 9.71. The van der Waals surface area contributed by atoms with Crippen molar-refractivity contribution in [2.24, 2.45) is 0 Å². The van der Waals surface area contributed by atoms with Crippen molar-refractivity contribution < 1.29 is 27.5 Å². The highest BCUT2D eigenvalue weighted by Gasteiger charge is 2.68. The van der Waals surface area contributed by atoms with Gasteiger partial charge >= 0.3 is 6.16 Å². The van der Waals surface area contributed by atoms with Crippen LogP contribution in [0.1, 0.15) is 35.6 Å². The lowest BCUT2D eigenvalue weighted by Gasteiger charge is -2.36. The van der Waals surface area contributed by atoms with E-state index >= 15 is 0 Å². The maximum absolute atomic E-state index is 13.3. The molecule has 3 atom stereocenters. The molecular formula is C25H22N2O6S2. The molecule has 0 N–H and O–H groups in total. The van der Waals surface area contributed by atoms with Crippen LogP contribution in [0.3, 0.4) is 0 Å². The molecule has 2 aliphatic rings. The van der Waals surface area contributed by atoms with Crippen molar-refractivity contribution in [2.75, 3.05) is 0 Å². The first-order valence-corrected chi connectivity index (χ1v) is 13.3. The second kappa shape index (κ2) is 8.94. The van der Waals surface area contributed by atoms with Gasteiger partial charge in [0.1, 0.15) is 15.1 Å². The number of sulfone groups is 1. The van der Waals surface area contributed by atoms with Gasteiger partial charge < -0.3 is 9.47 Å². The van der Waals surface area contributed by atoms with Crippen molar-refractivity contribution in [3.05, 3.63) is 94.5 Å². The fourth-order valence-electron chi connectivity index (χ4n) is 4.36. The van der Waals surface area contributed by atoms with Gasteiger partial charge in [0.25, 0.3) is 0 Å². The maximum atomic E-state index is 13.3. The highest BCUT2D eigenvalue weighted by atomic mass is 32.2. The second-order valence-electron chi connectivity index (χ2n) is 8.43. The van der Waals surface area contributed by atoms with Crippen LogP contribution in [-0.4, -0.2) is 46.7 Å². The molecule has 0 aliphatic carbocycles. The van der Waals surface area contributed by atoms with Gasteiger partial charge in [0.2, 0.25) is 12.1 Å². The maximum Gasteiger partial charge on any atom is 0.511 e.